The number of benzene rings is 1. The van der Waals surface area contributed by atoms with Crippen molar-refractivity contribution in [3.05, 3.63) is 53.6 Å². The number of carbonyl (C=O) groups is 2. The van der Waals surface area contributed by atoms with Crippen molar-refractivity contribution < 1.29 is 9.59 Å². The first-order valence-electron chi connectivity index (χ1n) is 6.07. The van der Waals surface area contributed by atoms with Crippen LogP contribution in [-0.2, 0) is 9.59 Å². The number of nitrogens with two attached hydrogens (primary N) is 1. The molecule has 0 saturated carbocycles. The third kappa shape index (κ3) is 1.72. The van der Waals surface area contributed by atoms with Crippen molar-refractivity contribution >= 4 is 28.0 Å². The second-order valence-corrected chi connectivity index (χ2v) is 4.55. The molecule has 2 aromatic rings. The molecule has 0 fully saturated rings. The molecule has 0 radical (unpaired) electrons. The van der Waals surface area contributed by atoms with Gasteiger partial charge in [-0.3, -0.25) is 9.59 Å². The predicted octanol–water partition coefficient (Wildman–Crippen LogP) is 1.40. The van der Waals surface area contributed by atoms with Crippen LogP contribution in [0.1, 0.15) is 12.6 Å². The maximum absolute atomic E-state index is 12.3. The summed E-state index contributed by atoms with van der Waals surface area (Å²) in [4.78, 5) is 32.4. The lowest BCUT2D eigenvalue weighted by Crippen LogP contribution is -2.23. The summed E-state index contributed by atoms with van der Waals surface area (Å²) in [6, 6.07) is 7.28. The van der Waals surface area contributed by atoms with Crippen LogP contribution < -0.4 is 5.73 Å². The second-order valence-electron chi connectivity index (χ2n) is 4.55. The number of allylic oxidation sites excluding steroid dienone is 3. The van der Waals surface area contributed by atoms with E-state index in [-0.39, 0.29) is 22.8 Å². The smallest absolute Gasteiger partial charge is 0.202 e. The molecular weight excluding hydrogens is 254 g/mol. The van der Waals surface area contributed by atoms with E-state index in [9.17, 15) is 9.59 Å². The average molecular weight is 265 g/mol. The number of Topliss-reactive ketones (excluding diaryl/α,β-unsaturated/α-hetero) is 1. The molecule has 0 amide bonds. The van der Waals surface area contributed by atoms with E-state index in [1.165, 1.54) is 12.4 Å². The Hall–Kier alpha value is -2.82. The van der Waals surface area contributed by atoms with Gasteiger partial charge in [0.05, 0.1) is 22.5 Å². The zero-order valence-corrected chi connectivity index (χ0v) is 10.8. The van der Waals surface area contributed by atoms with Crippen molar-refractivity contribution in [2.75, 3.05) is 0 Å². The number of hydrogen-bond acceptors (Lipinski definition) is 5. The minimum atomic E-state index is -0.361. The standard InChI is InChI=1S/C15H11N3O2/c1-8-6-11(19)13(16)12(15(8)20)14-9-4-2-3-5-10(9)17-7-18-14/h2-7H,16H2,1H3. The highest BCUT2D eigenvalue weighted by atomic mass is 16.1. The normalized spacial score (nSPS) is 15.8. The zero-order chi connectivity index (χ0) is 14.3. The van der Waals surface area contributed by atoms with Gasteiger partial charge >= 0.3 is 0 Å². The Morgan fingerprint density at radius 3 is 2.65 bits per heavy atom. The van der Waals surface area contributed by atoms with Gasteiger partial charge in [0.1, 0.15) is 6.33 Å². The number of hydrogen-bond donors (Lipinski definition) is 1. The summed E-state index contributed by atoms with van der Waals surface area (Å²) in [5, 5.41) is 0.698. The van der Waals surface area contributed by atoms with Gasteiger partial charge in [0, 0.05) is 11.0 Å². The number of ketones is 2. The van der Waals surface area contributed by atoms with Crippen LogP contribution in [-0.4, -0.2) is 21.5 Å². The molecule has 0 bridgehead atoms. The van der Waals surface area contributed by atoms with Gasteiger partial charge in [-0.15, -0.1) is 0 Å². The van der Waals surface area contributed by atoms with Crippen LogP contribution in [0.2, 0.25) is 0 Å². The van der Waals surface area contributed by atoms with Gasteiger partial charge in [0.25, 0.3) is 0 Å². The molecule has 5 heteroatoms. The fourth-order valence-electron chi connectivity index (χ4n) is 2.22. The lowest BCUT2D eigenvalue weighted by atomic mass is 9.90. The van der Waals surface area contributed by atoms with Gasteiger partial charge < -0.3 is 5.73 Å². The number of rotatable bonds is 1. The third-order valence-electron chi connectivity index (χ3n) is 3.25. The first kappa shape index (κ1) is 12.2. The van der Waals surface area contributed by atoms with E-state index in [1.807, 2.05) is 18.2 Å². The van der Waals surface area contributed by atoms with E-state index in [1.54, 1.807) is 13.0 Å². The molecule has 0 aliphatic heterocycles. The van der Waals surface area contributed by atoms with Crippen molar-refractivity contribution in [2.45, 2.75) is 6.92 Å². The van der Waals surface area contributed by atoms with Crippen LogP contribution in [0.25, 0.3) is 16.5 Å². The Bertz CT molecular complexity index is 813. The summed E-state index contributed by atoms with van der Waals surface area (Å²) >= 11 is 0. The van der Waals surface area contributed by atoms with Crippen LogP contribution in [0, 0.1) is 0 Å². The molecule has 98 valence electrons. The monoisotopic (exact) mass is 265 g/mol. The van der Waals surface area contributed by atoms with Crippen molar-refractivity contribution in [1.29, 1.82) is 0 Å². The van der Waals surface area contributed by atoms with Gasteiger partial charge in [-0.1, -0.05) is 18.2 Å². The Balaban J connectivity index is 2.33. The van der Waals surface area contributed by atoms with Gasteiger partial charge in [-0.2, -0.15) is 0 Å². The Kier molecular flexibility index (Phi) is 2.68. The van der Waals surface area contributed by atoms with Crippen molar-refractivity contribution in [1.82, 2.24) is 9.97 Å². The van der Waals surface area contributed by atoms with Crippen LogP contribution in [0.4, 0.5) is 0 Å². The van der Waals surface area contributed by atoms with E-state index in [4.69, 9.17) is 5.73 Å². The fraction of sp³-hybridized carbons (Fsp3) is 0.0667. The highest BCUT2D eigenvalue weighted by Crippen LogP contribution is 2.28. The third-order valence-corrected chi connectivity index (χ3v) is 3.25. The summed E-state index contributed by atoms with van der Waals surface area (Å²) in [5.74, 6) is -0.634. The predicted molar refractivity (Wildman–Crippen MR) is 74.4 cm³/mol. The van der Waals surface area contributed by atoms with Crippen molar-refractivity contribution in [3.8, 4) is 0 Å². The van der Waals surface area contributed by atoms with Gasteiger partial charge in [0.2, 0.25) is 5.78 Å². The van der Waals surface area contributed by atoms with E-state index in [0.717, 1.165) is 0 Å². The molecule has 3 rings (SSSR count). The van der Waals surface area contributed by atoms with Crippen LogP contribution in [0.5, 0.6) is 0 Å². The van der Waals surface area contributed by atoms with Gasteiger partial charge in [-0.25, -0.2) is 9.97 Å². The molecule has 1 aromatic carbocycles. The molecule has 1 aliphatic carbocycles. The van der Waals surface area contributed by atoms with Gasteiger partial charge in [0.15, 0.2) is 5.78 Å². The first-order chi connectivity index (χ1) is 9.59. The average Bonchev–Trinajstić information content (AvgIpc) is 2.46. The van der Waals surface area contributed by atoms with Crippen molar-refractivity contribution in [3.63, 3.8) is 0 Å². The molecule has 0 unspecified atom stereocenters. The number of para-hydroxylation sites is 1. The summed E-state index contributed by atoms with van der Waals surface area (Å²) in [6.45, 7) is 1.59. The van der Waals surface area contributed by atoms with Crippen LogP contribution in [0.3, 0.4) is 0 Å². The number of nitrogens with zero attached hydrogens (tertiary/aromatic N) is 2. The number of aromatic nitrogens is 2. The Labute approximate surface area is 114 Å². The van der Waals surface area contributed by atoms with Crippen molar-refractivity contribution in [2.24, 2.45) is 5.73 Å². The number of fused-ring (bicyclic) bond motifs is 1. The van der Waals surface area contributed by atoms with E-state index >= 15 is 0 Å². The lowest BCUT2D eigenvalue weighted by molar-refractivity contribution is -0.114. The van der Waals surface area contributed by atoms with E-state index < -0.39 is 0 Å². The molecule has 0 atom stereocenters. The molecular formula is C15H11N3O2. The lowest BCUT2D eigenvalue weighted by Gasteiger charge is -2.15. The highest BCUT2D eigenvalue weighted by molar-refractivity contribution is 6.38. The summed E-state index contributed by atoms with van der Waals surface area (Å²) in [7, 11) is 0. The minimum absolute atomic E-state index is 0.0653. The molecule has 20 heavy (non-hydrogen) atoms. The number of carbonyl (C=O) groups excluding carboxylic acids is 2. The summed E-state index contributed by atoms with van der Waals surface area (Å²) < 4.78 is 0. The fourth-order valence-corrected chi connectivity index (χ4v) is 2.22. The maximum Gasteiger partial charge on any atom is 0.202 e. The molecule has 5 nitrogen and oxygen atoms in total. The SMILES string of the molecule is CC1=CC(=O)C(N)=C(c2ncnc3ccccc23)C1=O. The Morgan fingerprint density at radius 2 is 1.85 bits per heavy atom. The summed E-state index contributed by atoms with van der Waals surface area (Å²) in [5.41, 5.74) is 7.36. The topological polar surface area (TPSA) is 85.9 Å². The summed E-state index contributed by atoms with van der Waals surface area (Å²) in [6.07, 6.45) is 2.62. The highest BCUT2D eigenvalue weighted by Gasteiger charge is 2.27. The first-order valence-corrected chi connectivity index (χ1v) is 6.07. The quantitative estimate of drug-likeness (QED) is 0.787. The molecule has 1 aliphatic rings. The second kappa shape index (κ2) is 4.38. The zero-order valence-electron chi connectivity index (χ0n) is 10.8. The Morgan fingerprint density at radius 1 is 1.10 bits per heavy atom. The molecule has 2 N–H and O–H groups in total. The van der Waals surface area contributed by atoms with Crippen LogP contribution in [0.15, 0.2) is 47.9 Å². The molecule has 1 heterocycles. The molecule has 0 saturated heterocycles. The molecule has 1 aromatic heterocycles. The van der Waals surface area contributed by atoms with Gasteiger partial charge in [-0.05, 0) is 19.1 Å². The van der Waals surface area contributed by atoms with E-state index in [0.29, 0.717) is 22.2 Å². The molecule has 0 spiro atoms. The van der Waals surface area contributed by atoms with Crippen LogP contribution >= 0.6 is 0 Å². The minimum Gasteiger partial charge on any atom is -0.395 e. The maximum atomic E-state index is 12.3. The largest absolute Gasteiger partial charge is 0.395 e. The van der Waals surface area contributed by atoms with E-state index in [2.05, 4.69) is 9.97 Å².